The third kappa shape index (κ3) is 15.7. The van der Waals surface area contributed by atoms with Crippen molar-refractivity contribution in [2.75, 3.05) is 41.3 Å². The van der Waals surface area contributed by atoms with Gasteiger partial charge in [-0.05, 0) is 56.7 Å². The molecular formula is C44H66N6O8. The van der Waals surface area contributed by atoms with Crippen LogP contribution in [0.2, 0.25) is 0 Å². The molecule has 6 atom stereocenters. The third-order valence-corrected chi connectivity index (χ3v) is 9.82. The highest BCUT2D eigenvalue weighted by Crippen LogP contribution is 2.18. The number of likely N-dealkylation sites (N-methyl/N-ethyl adjacent to an activating group) is 4. The van der Waals surface area contributed by atoms with Gasteiger partial charge in [0, 0.05) is 27.6 Å². The summed E-state index contributed by atoms with van der Waals surface area (Å²) in [5, 5.41) is 8.71. The summed E-state index contributed by atoms with van der Waals surface area (Å²) in [5.74, 6) is -3.25. The molecule has 0 heterocycles. The first-order valence-corrected chi connectivity index (χ1v) is 19.9. The predicted octanol–water partition coefficient (Wildman–Crippen LogP) is 3.35. The Morgan fingerprint density at radius 3 is 1.78 bits per heavy atom. The summed E-state index contributed by atoms with van der Waals surface area (Å²) >= 11 is 0. The number of amides is 5. The molecule has 0 radical (unpaired) electrons. The summed E-state index contributed by atoms with van der Waals surface area (Å²) < 4.78 is 11.2. The molecule has 2 aromatic rings. The molecule has 5 amide bonds. The molecule has 0 aliphatic heterocycles. The maximum Gasteiger partial charge on any atom is 0.325 e. The topological polar surface area (TPSA) is 167 Å². The Morgan fingerprint density at radius 1 is 0.707 bits per heavy atom. The Kier molecular flexibility index (Phi) is 20.8. The predicted molar refractivity (Wildman–Crippen MR) is 224 cm³/mol. The SMILES string of the molecule is C=CCOC(=O)CN(C)C(=O)[C@@H](NC(=O)[C@H](CC(C)C)N(C)C(=O)[C@H](CC(C)C)NC(=O)C(Cc1ccccc1)N(C)C(=O)C(C)NC)C(C)OCc1ccccc1. The lowest BCUT2D eigenvalue weighted by Crippen LogP contribution is -2.61. The zero-order valence-corrected chi connectivity index (χ0v) is 36.0. The van der Waals surface area contributed by atoms with Crippen LogP contribution in [0.3, 0.4) is 0 Å². The Morgan fingerprint density at radius 2 is 1.24 bits per heavy atom. The van der Waals surface area contributed by atoms with Gasteiger partial charge >= 0.3 is 5.97 Å². The fourth-order valence-corrected chi connectivity index (χ4v) is 6.31. The van der Waals surface area contributed by atoms with Crippen molar-refractivity contribution in [1.29, 1.82) is 0 Å². The number of carbonyl (C=O) groups is 6. The molecule has 2 aromatic carbocycles. The minimum Gasteiger partial charge on any atom is -0.460 e. The van der Waals surface area contributed by atoms with Crippen LogP contribution in [0, 0.1) is 11.8 Å². The van der Waals surface area contributed by atoms with Crippen molar-refractivity contribution in [2.45, 2.75) is 104 Å². The van der Waals surface area contributed by atoms with Crippen LogP contribution >= 0.6 is 0 Å². The first-order valence-electron chi connectivity index (χ1n) is 19.9. The molecule has 0 aromatic heterocycles. The van der Waals surface area contributed by atoms with Gasteiger partial charge in [-0.3, -0.25) is 28.8 Å². The van der Waals surface area contributed by atoms with Gasteiger partial charge in [-0.2, -0.15) is 0 Å². The molecule has 14 heteroatoms. The van der Waals surface area contributed by atoms with E-state index >= 15 is 0 Å². The molecule has 58 heavy (non-hydrogen) atoms. The highest BCUT2D eigenvalue weighted by Gasteiger charge is 2.39. The fraction of sp³-hybridized carbons (Fsp3) is 0.545. The maximum atomic E-state index is 14.5. The van der Waals surface area contributed by atoms with Crippen LogP contribution in [-0.2, 0) is 51.3 Å². The van der Waals surface area contributed by atoms with Gasteiger partial charge in [0.1, 0.15) is 37.3 Å². The lowest BCUT2D eigenvalue weighted by atomic mass is 9.97. The molecule has 14 nitrogen and oxygen atoms in total. The second-order valence-electron chi connectivity index (χ2n) is 15.6. The van der Waals surface area contributed by atoms with Crippen molar-refractivity contribution in [3.8, 4) is 0 Å². The average Bonchev–Trinajstić information content (AvgIpc) is 3.20. The first-order chi connectivity index (χ1) is 27.4. The number of hydrogen-bond acceptors (Lipinski definition) is 9. The van der Waals surface area contributed by atoms with E-state index in [0.717, 1.165) is 16.0 Å². The van der Waals surface area contributed by atoms with Gasteiger partial charge in [0.2, 0.25) is 29.5 Å². The van der Waals surface area contributed by atoms with Crippen molar-refractivity contribution < 1.29 is 38.2 Å². The van der Waals surface area contributed by atoms with Gasteiger partial charge in [-0.1, -0.05) is 101 Å². The first kappa shape index (κ1) is 49.1. The number of nitrogens with one attached hydrogen (secondary N) is 3. The van der Waals surface area contributed by atoms with E-state index in [1.165, 1.54) is 30.0 Å². The quantitative estimate of drug-likeness (QED) is 0.107. The number of ether oxygens (including phenoxy) is 2. The van der Waals surface area contributed by atoms with Gasteiger partial charge in [0.25, 0.3) is 0 Å². The van der Waals surface area contributed by atoms with E-state index in [1.807, 2.05) is 88.4 Å². The van der Waals surface area contributed by atoms with E-state index in [-0.39, 0.29) is 56.8 Å². The van der Waals surface area contributed by atoms with Crippen LogP contribution in [0.1, 0.15) is 65.5 Å². The van der Waals surface area contributed by atoms with Crippen molar-refractivity contribution in [3.05, 3.63) is 84.4 Å². The molecule has 3 unspecified atom stereocenters. The van der Waals surface area contributed by atoms with Gasteiger partial charge < -0.3 is 40.1 Å². The number of benzene rings is 2. The molecule has 0 saturated carbocycles. The monoisotopic (exact) mass is 806 g/mol. The fourth-order valence-electron chi connectivity index (χ4n) is 6.31. The highest BCUT2D eigenvalue weighted by molar-refractivity contribution is 5.96. The summed E-state index contributed by atoms with van der Waals surface area (Å²) in [7, 11) is 6.17. The molecule has 0 fully saturated rings. The van der Waals surface area contributed by atoms with Crippen molar-refractivity contribution in [2.24, 2.45) is 11.8 Å². The van der Waals surface area contributed by atoms with Crippen LogP contribution in [0.5, 0.6) is 0 Å². The molecule has 0 aliphatic carbocycles. The molecule has 0 bridgehead atoms. The van der Waals surface area contributed by atoms with Crippen LogP contribution in [-0.4, -0.2) is 128 Å². The molecule has 3 N–H and O–H groups in total. The van der Waals surface area contributed by atoms with E-state index < -0.39 is 65.9 Å². The largest absolute Gasteiger partial charge is 0.460 e. The molecule has 0 saturated heterocycles. The Labute approximate surface area is 345 Å². The smallest absolute Gasteiger partial charge is 0.325 e. The molecule has 2 rings (SSSR count). The van der Waals surface area contributed by atoms with E-state index in [2.05, 4.69) is 22.5 Å². The minimum absolute atomic E-state index is 0.0226. The van der Waals surface area contributed by atoms with Gasteiger partial charge in [-0.25, -0.2) is 0 Å². The standard InChI is InChI=1S/C44H66N6O8/c1-12-23-57-38(51)27-48(9)44(56)39(32(7)58-28-34-21-17-14-18-22-34)47-41(53)36(25-30(4)5)50(11)43(55)35(24-29(2)3)46-40(52)37(26-33-19-15-13-16-20-33)49(10)42(54)31(6)45-8/h12-22,29-32,35-37,39,45H,1,23-28H2,2-11H3,(H,46,52)(H,47,53)/t31?,32?,35-,36-,37?,39-/m0/s1. The van der Waals surface area contributed by atoms with Gasteiger partial charge in [0.15, 0.2) is 0 Å². The van der Waals surface area contributed by atoms with Gasteiger partial charge in [-0.15, -0.1) is 0 Å². The molecular weight excluding hydrogens is 741 g/mol. The highest BCUT2D eigenvalue weighted by atomic mass is 16.5. The number of hydrogen-bond donors (Lipinski definition) is 3. The minimum atomic E-state index is -1.25. The normalized spacial score (nSPS) is 14.3. The van der Waals surface area contributed by atoms with Crippen LogP contribution in [0.25, 0.3) is 0 Å². The van der Waals surface area contributed by atoms with Crippen LogP contribution in [0.15, 0.2) is 73.3 Å². The average molecular weight is 807 g/mol. The van der Waals surface area contributed by atoms with Crippen LogP contribution < -0.4 is 16.0 Å². The van der Waals surface area contributed by atoms with E-state index in [0.29, 0.717) is 0 Å². The second kappa shape index (κ2) is 24.6. The Bertz CT molecular complexity index is 1640. The molecule has 320 valence electrons. The summed E-state index contributed by atoms with van der Waals surface area (Å²) in [5.41, 5.74) is 1.69. The number of esters is 1. The lowest BCUT2D eigenvalue weighted by molar-refractivity contribution is -0.151. The van der Waals surface area contributed by atoms with Gasteiger partial charge in [0.05, 0.1) is 18.8 Å². The number of rotatable bonds is 24. The number of carbonyl (C=O) groups excluding carboxylic acids is 6. The summed E-state index contributed by atoms with van der Waals surface area (Å²) in [6.45, 7) is 14.3. The lowest BCUT2D eigenvalue weighted by Gasteiger charge is -2.35. The summed E-state index contributed by atoms with van der Waals surface area (Å²) in [6.07, 6.45) is 1.26. The zero-order valence-electron chi connectivity index (χ0n) is 36.0. The summed E-state index contributed by atoms with van der Waals surface area (Å²) in [4.78, 5) is 86.6. The zero-order chi connectivity index (χ0) is 43.5. The Balaban J connectivity index is 2.45. The van der Waals surface area contributed by atoms with E-state index in [4.69, 9.17) is 9.47 Å². The van der Waals surface area contributed by atoms with Crippen molar-refractivity contribution in [1.82, 2.24) is 30.7 Å². The number of nitrogens with zero attached hydrogens (tertiary/aromatic N) is 3. The summed E-state index contributed by atoms with van der Waals surface area (Å²) in [6, 6.07) is 13.8. The molecule has 0 spiro atoms. The maximum absolute atomic E-state index is 14.5. The van der Waals surface area contributed by atoms with E-state index in [9.17, 15) is 28.8 Å². The van der Waals surface area contributed by atoms with Crippen molar-refractivity contribution in [3.63, 3.8) is 0 Å². The molecule has 0 aliphatic rings. The second-order valence-corrected chi connectivity index (χ2v) is 15.6. The van der Waals surface area contributed by atoms with E-state index in [1.54, 1.807) is 27.9 Å². The Hall–Kier alpha value is -5.08. The van der Waals surface area contributed by atoms with Crippen LogP contribution in [0.4, 0.5) is 0 Å². The van der Waals surface area contributed by atoms with Crippen molar-refractivity contribution >= 4 is 35.5 Å². The third-order valence-electron chi connectivity index (χ3n) is 9.82.